The van der Waals surface area contributed by atoms with Gasteiger partial charge in [-0.1, -0.05) is 54.6 Å². The largest absolute Gasteiger partial charge is 0.539 e. The summed E-state index contributed by atoms with van der Waals surface area (Å²) in [5, 5.41) is 16.2. The Labute approximate surface area is 122 Å². The predicted molar refractivity (Wildman–Crippen MR) is 89.0 cm³/mol. The van der Waals surface area contributed by atoms with Crippen molar-refractivity contribution in [3.05, 3.63) is 66.7 Å². The van der Waals surface area contributed by atoms with Crippen LogP contribution in [0.15, 0.2) is 66.7 Å². The number of hydrogen-bond donors (Lipinski definition) is 1. The van der Waals surface area contributed by atoms with Crippen molar-refractivity contribution < 1.29 is 9.68 Å². The van der Waals surface area contributed by atoms with E-state index in [1.54, 1.807) is 0 Å². The molecule has 4 aromatic carbocycles. The highest BCUT2D eigenvalue weighted by atomic mass is 16.5. The van der Waals surface area contributed by atoms with E-state index in [1.165, 1.54) is 26.9 Å². The van der Waals surface area contributed by atoms with Gasteiger partial charge in [0, 0.05) is 0 Å². The van der Waals surface area contributed by atoms with E-state index >= 15 is 0 Å². The highest BCUT2D eigenvalue weighted by molar-refractivity contribution is 6.18. The van der Waals surface area contributed by atoms with Crippen LogP contribution in [0.3, 0.4) is 0 Å². The molecule has 0 bridgehead atoms. The van der Waals surface area contributed by atoms with Crippen LogP contribution in [0.1, 0.15) is 0 Å². The van der Waals surface area contributed by atoms with Gasteiger partial charge >= 0.3 is 7.69 Å². The van der Waals surface area contributed by atoms with Gasteiger partial charge in [0.1, 0.15) is 5.75 Å². The highest BCUT2D eigenvalue weighted by Gasteiger charge is 2.05. The molecule has 4 rings (SSSR count). The second-order valence-corrected chi connectivity index (χ2v) is 5.10. The Morgan fingerprint density at radius 1 is 0.667 bits per heavy atom. The topological polar surface area (TPSA) is 29.5 Å². The van der Waals surface area contributed by atoms with E-state index in [4.69, 9.17) is 9.68 Å². The summed E-state index contributed by atoms with van der Waals surface area (Å²) in [6.45, 7) is 0. The first-order valence-electron chi connectivity index (χ1n) is 6.95. The molecular formula is C18H13BO2. The van der Waals surface area contributed by atoms with Crippen LogP contribution in [-0.2, 0) is 0 Å². The van der Waals surface area contributed by atoms with E-state index in [9.17, 15) is 0 Å². The lowest BCUT2D eigenvalue weighted by Gasteiger charge is -2.09. The quantitative estimate of drug-likeness (QED) is 0.444. The summed E-state index contributed by atoms with van der Waals surface area (Å²) in [5.41, 5.74) is 0. The lowest BCUT2D eigenvalue weighted by molar-refractivity contribution is 0.454. The minimum absolute atomic E-state index is 0.302. The highest BCUT2D eigenvalue weighted by Crippen LogP contribution is 2.32. The van der Waals surface area contributed by atoms with Crippen LogP contribution in [0.2, 0.25) is 0 Å². The zero-order chi connectivity index (χ0) is 14.2. The predicted octanol–water partition coefficient (Wildman–Crippen LogP) is 3.78. The Hall–Kier alpha value is -2.52. The Morgan fingerprint density at radius 3 is 2.14 bits per heavy atom. The summed E-state index contributed by atoms with van der Waals surface area (Å²) in [6, 6.07) is 22.9. The summed E-state index contributed by atoms with van der Waals surface area (Å²) in [6.07, 6.45) is 0. The van der Waals surface area contributed by atoms with E-state index in [1.807, 2.05) is 12.1 Å². The lowest BCUT2D eigenvalue weighted by atomic mass is 9.97. The molecule has 0 heterocycles. The van der Waals surface area contributed by atoms with E-state index in [2.05, 4.69) is 54.6 Å². The zero-order valence-corrected chi connectivity index (χ0v) is 11.4. The third-order valence-corrected chi connectivity index (χ3v) is 3.94. The van der Waals surface area contributed by atoms with Crippen molar-refractivity contribution in [3.8, 4) is 5.75 Å². The minimum atomic E-state index is -0.302. The first-order chi connectivity index (χ1) is 10.4. The SMILES string of the molecule is OBOc1ccc2c(ccc3c4ccccc4ccc23)c1. The Balaban J connectivity index is 2.07. The van der Waals surface area contributed by atoms with Gasteiger partial charge in [-0.3, -0.25) is 0 Å². The van der Waals surface area contributed by atoms with Gasteiger partial charge < -0.3 is 9.68 Å². The van der Waals surface area contributed by atoms with Crippen molar-refractivity contribution in [1.82, 2.24) is 0 Å². The van der Waals surface area contributed by atoms with Crippen molar-refractivity contribution in [2.45, 2.75) is 0 Å². The van der Waals surface area contributed by atoms with E-state index in [-0.39, 0.29) is 7.69 Å². The third-order valence-electron chi connectivity index (χ3n) is 3.94. The third kappa shape index (κ3) is 1.94. The van der Waals surface area contributed by atoms with Crippen molar-refractivity contribution in [1.29, 1.82) is 0 Å². The maximum atomic E-state index is 8.86. The molecule has 0 amide bonds. The molecule has 0 aliphatic heterocycles. The minimum Gasteiger partial charge on any atom is -0.539 e. The number of fused-ring (bicyclic) bond motifs is 5. The maximum Gasteiger partial charge on any atom is 0.504 e. The van der Waals surface area contributed by atoms with Crippen LogP contribution in [-0.4, -0.2) is 12.7 Å². The Kier molecular flexibility index (Phi) is 2.79. The normalized spacial score (nSPS) is 11.1. The fraction of sp³-hybridized carbons (Fsp3) is 0. The molecule has 0 unspecified atom stereocenters. The molecule has 3 heteroatoms. The zero-order valence-electron chi connectivity index (χ0n) is 11.4. The van der Waals surface area contributed by atoms with Gasteiger partial charge in [0.15, 0.2) is 0 Å². The van der Waals surface area contributed by atoms with Gasteiger partial charge in [-0.15, -0.1) is 0 Å². The van der Waals surface area contributed by atoms with Gasteiger partial charge in [0.05, 0.1) is 0 Å². The molecule has 0 aliphatic carbocycles. The van der Waals surface area contributed by atoms with Crippen LogP contribution in [0, 0.1) is 0 Å². The molecule has 0 radical (unpaired) electrons. The van der Waals surface area contributed by atoms with Gasteiger partial charge in [0.25, 0.3) is 0 Å². The molecule has 0 saturated carbocycles. The summed E-state index contributed by atoms with van der Waals surface area (Å²) >= 11 is 0. The van der Waals surface area contributed by atoms with Crippen molar-refractivity contribution in [2.75, 3.05) is 0 Å². The van der Waals surface area contributed by atoms with Gasteiger partial charge in [-0.05, 0) is 44.5 Å². The van der Waals surface area contributed by atoms with Crippen molar-refractivity contribution >= 4 is 40.0 Å². The van der Waals surface area contributed by atoms with Crippen LogP contribution >= 0.6 is 0 Å². The van der Waals surface area contributed by atoms with E-state index in [0.29, 0.717) is 5.75 Å². The number of hydrogen-bond acceptors (Lipinski definition) is 2. The second-order valence-electron chi connectivity index (χ2n) is 5.10. The summed E-state index contributed by atoms with van der Waals surface area (Å²) in [7, 11) is -0.302. The van der Waals surface area contributed by atoms with Crippen LogP contribution in [0.5, 0.6) is 5.75 Å². The van der Waals surface area contributed by atoms with Gasteiger partial charge in [-0.2, -0.15) is 0 Å². The second kappa shape index (κ2) is 4.79. The molecular weight excluding hydrogens is 259 g/mol. The summed E-state index contributed by atoms with van der Waals surface area (Å²) in [4.78, 5) is 0. The average molecular weight is 272 g/mol. The standard InChI is InChI=1S/C18H13BO2/c20-19-21-14-7-10-16-13(11-14)6-9-17-15-4-2-1-3-12(15)5-8-18(16)17/h1-11,19-20H. The van der Waals surface area contributed by atoms with E-state index < -0.39 is 0 Å². The van der Waals surface area contributed by atoms with Crippen molar-refractivity contribution in [2.24, 2.45) is 0 Å². The monoisotopic (exact) mass is 272 g/mol. The fourth-order valence-electron chi connectivity index (χ4n) is 2.97. The first-order valence-corrected chi connectivity index (χ1v) is 6.95. The molecule has 0 fully saturated rings. The van der Waals surface area contributed by atoms with Crippen molar-refractivity contribution in [3.63, 3.8) is 0 Å². The van der Waals surface area contributed by atoms with E-state index in [0.717, 1.165) is 5.39 Å². The molecule has 21 heavy (non-hydrogen) atoms. The number of rotatable bonds is 2. The average Bonchev–Trinajstić information content (AvgIpc) is 2.54. The Morgan fingerprint density at radius 2 is 1.33 bits per heavy atom. The molecule has 100 valence electrons. The van der Waals surface area contributed by atoms with Crippen LogP contribution in [0.25, 0.3) is 32.3 Å². The maximum absolute atomic E-state index is 8.86. The Bertz CT molecular complexity index is 963. The molecule has 0 aromatic heterocycles. The summed E-state index contributed by atoms with van der Waals surface area (Å²) < 4.78 is 5.15. The summed E-state index contributed by atoms with van der Waals surface area (Å²) in [5.74, 6) is 0.685. The molecule has 0 saturated heterocycles. The van der Waals surface area contributed by atoms with Crippen LogP contribution < -0.4 is 4.65 Å². The van der Waals surface area contributed by atoms with Gasteiger partial charge in [-0.25, -0.2) is 0 Å². The molecule has 1 N–H and O–H groups in total. The fourth-order valence-corrected chi connectivity index (χ4v) is 2.97. The van der Waals surface area contributed by atoms with Crippen LogP contribution in [0.4, 0.5) is 0 Å². The smallest absolute Gasteiger partial charge is 0.504 e. The van der Waals surface area contributed by atoms with Gasteiger partial charge in [0.2, 0.25) is 0 Å². The molecule has 0 aliphatic rings. The number of benzene rings is 4. The first kappa shape index (κ1) is 12.2. The molecule has 0 atom stereocenters. The molecule has 0 spiro atoms. The lowest BCUT2D eigenvalue weighted by Crippen LogP contribution is -1.99. The molecule has 2 nitrogen and oxygen atoms in total. The molecule has 4 aromatic rings.